The highest BCUT2D eigenvalue weighted by Crippen LogP contribution is 2.38. The normalized spacial score (nSPS) is 22.3. The highest BCUT2D eigenvalue weighted by Gasteiger charge is 2.44. The van der Waals surface area contributed by atoms with Gasteiger partial charge < -0.3 is 16.0 Å². The van der Waals surface area contributed by atoms with Crippen LogP contribution < -0.4 is 11.1 Å². The number of hydrogen-bond acceptors (Lipinski definition) is 3. The largest absolute Gasteiger partial charge is 0.351 e. The molecule has 0 aliphatic heterocycles. The molecule has 1 saturated carbocycles. The van der Waals surface area contributed by atoms with Gasteiger partial charge in [0.2, 0.25) is 5.91 Å². The fourth-order valence-electron chi connectivity index (χ4n) is 1.84. The molecule has 1 aliphatic rings. The monoisotopic (exact) mass is 213 g/mol. The molecule has 0 aromatic heterocycles. The van der Waals surface area contributed by atoms with E-state index < -0.39 is 5.54 Å². The van der Waals surface area contributed by atoms with Crippen molar-refractivity contribution in [2.45, 2.75) is 38.3 Å². The van der Waals surface area contributed by atoms with E-state index in [2.05, 4.69) is 10.2 Å². The van der Waals surface area contributed by atoms with Crippen LogP contribution in [-0.2, 0) is 4.79 Å². The van der Waals surface area contributed by atoms with Gasteiger partial charge in [-0.2, -0.15) is 0 Å². The number of hydrogen-bond donors (Lipinski definition) is 2. The molecule has 4 nitrogen and oxygen atoms in total. The van der Waals surface area contributed by atoms with Crippen LogP contribution in [0.25, 0.3) is 0 Å². The van der Waals surface area contributed by atoms with Crippen molar-refractivity contribution in [3.05, 3.63) is 0 Å². The highest BCUT2D eigenvalue weighted by atomic mass is 16.2. The third-order valence-electron chi connectivity index (χ3n) is 2.93. The summed E-state index contributed by atoms with van der Waals surface area (Å²) in [7, 11) is 3.98. The molecule has 0 heterocycles. The first kappa shape index (κ1) is 12.5. The number of rotatable bonds is 5. The van der Waals surface area contributed by atoms with Gasteiger partial charge in [0.05, 0.1) is 5.54 Å². The van der Waals surface area contributed by atoms with E-state index in [1.54, 1.807) is 0 Å². The molecule has 3 N–H and O–H groups in total. The van der Waals surface area contributed by atoms with Gasteiger partial charge in [0.25, 0.3) is 0 Å². The molecule has 1 rings (SSSR count). The minimum Gasteiger partial charge on any atom is -0.351 e. The zero-order valence-electron chi connectivity index (χ0n) is 10.2. The minimum atomic E-state index is -0.680. The molecule has 15 heavy (non-hydrogen) atoms. The molecule has 0 aromatic rings. The predicted octanol–water partition coefficient (Wildman–Crippen LogP) is 0.180. The Morgan fingerprint density at radius 2 is 2.13 bits per heavy atom. The maximum Gasteiger partial charge on any atom is 0.240 e. The van der Waals surface area contributed by atoms with Crippen molar-refractivity contribution in [1.29, 1.82) is 0 Å². The Labute approximate surface area is 92.2 Å². The Morgan fingerprint density at radius 3 is 2.53 bits per heavy atom. The molecule has 4 heteroatoms. The molecule has 88 valence electrons. The maximum atomic E-state index is 11.9. The number of nitrogens with two attached hydrogens (primary N) is 1. The molecule has 2 atom stereocenters. The standard InChI is InChI=1S/C11H23N3O/c1-8(7-14(3)4)13-10(15)11(2,12)9-5-6-9/h8-9H,5-7,12H2,1-4H3,(H,13,15). The fourth-order valence-corrected chi connectivity index (χ4v) is 1.84. The number of nitrogens with one attached hydrogen (secondary N) is 1. The third kappa shape index (κ3) is 3.47. The van der Waals surface area contributed by atoms with Crippen molar-refractivity contribution in [3.63, 3.8) is 0 Å². The van der Waals surface area contributed by atoms with Gasteiger partial charge in [0.1, 0.15) is 0 Å². The topological polar surface area (TPSA) is 58.4 Å². The summed E-state index contributed by atoms with van der Waals surface area (Å²) >= 11 is 0. The van der Waals surface area contributed by atoms with E-state index in [-0.39, 0.29) is 11.9 Å². The van der Waals surface area contributed by atoms with Gasteiger partial charge in [0, 0.05) is 12.6 Å². The van der Waals surface area contributed by atoms with E-state index in [4.69, 9.17) is 5.73 Å². The lowest BCUT2D eigenvalue weighted by Gasteiger charge is -2.26. The van der Waals surface area contributed by atoms with Crippen molar-refractivity contribution >= 4 is 5.91 Å². The average molecular weight is 213 g/mol. The van der Waals surface area contributed by atoms with E-state index >= 15 is 0 Å². The summed E-state index contributed by atoms with van der Waals surface area (Å²) < 4.78 is 0. The van der Waals surface area contributed by atoms with Gasteiger partial charge in [0.15, 0.2) is 0 Å². The lowest BCUT2D eigenvalue weighted by molar-refractivity contribution is -0.127. The van der Waals surface area contributed by atoms with Gasteiger partial charge in [-0.25, -0.2) is 0 Å². The van der Waals surface area contributed by atoms with Crippen LogP contribution in [-0.4, -0.2) is 43.0 Å². The molecule has 2 unspecified atom stereocenters. The van der Waals surface area contributed by atoms with Crippen molar-refractivity contribution in [2.75, 3.05) is 20.6 Å². The van der Waals surface area contributed by atoms with E-state index in [1.165, 1.54) is 0 Å². The summed E-state index contributed by atoms with van der Waals surface area (Å²) in [5.41, 5.74) is 5.34. The second-order valence-corrected chi connectivity index (χ2v) is 5.19. The first-order valence-electron chi connectivity index (χ1n) is 5.58. The summed E-state index contributed by atoms with van der Waals surface area (Å²) in [6.45, 7) is 4.68. The SMILES string of the molecule is CC(CN(C)C)NC(=O)C(C)(N)C1CC1. The molecule has 0 saturated heterocycles. The molecule has 1 fully saturated rings. The Kier molecular flexibility index (Phi) is 3.73. The molecule has 0 aromatic carbocycles. The number of amides is 1. The summed E-state index contributed by atoms with van der Waals surface area (Å²) in [6.07, 6.45) is 2.17. The van der Waals surface area contributed by atoms with Crippen LogP contribution in [0, 0.1) is 5.92 Å². The van der Waals surface area contributed by atoms with Crippen molar-refractivity contribution in [2.24, 2.45) is 11.7 Å². The average Bonchev–Trinajstić information content (AvgIpc) is 2.83. The Bertz CT molecular complexity index is 234. The first-order valence-corrected chi connectivity index (χ1v) is 5.58. The van der Waals surface area contributed by atoms with Crippen LogP contribution in [0.3, 0.4) is 0 Å². The first-order chi connectivity index (χ1) is 6.84. The van der Waals surface area contributed by atoms with Crippen LogP contribution in [0.5, 0.6) is 0 Å². The van der Waals surface area contributed by atoms with Gasteiger partial charge in [-0.3, -0.25) is 4.79 Å². The summed E-state index contributed by atoms with van der Waals surface area (Å²) in [5, 5.41) is 2.97. The Hall–Kier alpha value is -0.610. The Morgan fingerprint density at radius 1 is 1.60 bits per heavy atom. The van der Waals surface area contributed by atoms with Gasteiger partial charge in [-0.1, -0.05) is 0 Å². The molecule has 0 bridgehead atoms. The van der Waals surface area contributed by atoms with Crippen LogP contribution in [0.1, 0.15) is 26.7 Å². The predicted molar refractivity (Wildman–Crippen MR) is 61.5 cm³/mol. The zero-order chi connectivity index (χ0) is 11.6. The summed E-state index contributed by atoms with van der Waals surface area (Å²) in [4.78, 5) is 13.9. The van der Waals surface area contributed by atoms with Crippen molar-refractivity contribution in [1.82, 2.24) is 10.2 Å². The second-order valence-electron chi connectivity index (χ2n) is 5.19. The summed E-state index contributed by atoms with van der Waals surface area (Å²) in [5.74, 6) is 0.364. The van der Waals surface area contributed by atoms with Gasteiger partial charge >= 0.3 is 0 Å². The van der Waals surface area contributed by atoms with Crippen LogP contribution in [0.4, 0.5) is 0 Å². The molecule has 0 spiro atoms. The van der Waals surface area contributed by atoms with Crippen LogP contribution >= 0.6 is 0 Å². The third-order valence-corrected chi connectivity index (χ3v) is 2.93. The van der Waals surface area contributed by atoms with Crippen molar-refractivity contribution < 1.29 is 4.79 Å². The summed E-state index contributed by atoms with van der Waals surface area (Å²) in [6, 6.07) is 0.147. The number of likely N-dealkylation sites (N-methyl/N-ethyl adjacent to an activating group) is 1. The van der Waals surface area contributed by atoms with Gasteiger partial charge in [-0.05, 0) is 46.7 Å². The Balaban J connectivity index is 2.40. The molecule has 0 radical (unpaired) electrons. The quantitative estimate of drug-likeness (QED) is 0.685. The van der Waals surface area contributed by atoms with Crippen LogP contribution in [0.2, 0.25) is 0 Å². The van der Waals surface area contributed by atoms with E-state index in [9.17, 15) is 4.79 Å². The zero-order valence-corrected chi connectivity index (χ0v) is 10.2. The lowest BCUT2D eigenvalue weighted by Crippen LogP contribution is -2.56. The van der Waals surface area contributed by atoms with E-state index in [1.807, 2.05) is 27.9 Å². The van der Waals surface area contributed by atoms with Crippen molar-refractivity contribution in [3.8, 4) is 0 Å². The molecule has 1 amide bonds. The number of nitrogens with zero attached hydrogens (tertiary/aromatic N) is 1. The minimum absolute atomic E-state index is 0.0145. The molecular formula is C11H23N3O. The maximum absolute atomic E-state index is 11.9. The lowest BCUT2D eigenvalue weighted by atomic mass is 9.96. The highest BCUT2D eigenvalue weighted by molar-refractivity contribution is 5.86. The fraction of sp³-hybridized carbons (Fsp3) is 0.909. The number of carbonyl (C=O) groups is 1. The molecular weight excluding hydrogens is 190 g/mol. The van der Waals surface area contributed by atoms with Gasteiger partial charge in [-0.15, -0.1) is 0 Å². The van der Waals surface area contributed by atoms with E-state index in [0.29, 0.717) is 5.92 Å². The van der Waals surface area contributed by atoms with Crippen LogP contribution in [0.15, 0.2) is 0 Å². The smallest absolute Gasteiger partial charge is 0.240 e. The second kappa shape index (κ2) is 4.49. The molecule has 1 aliphatic carbocycles. The number of carbonyl (C=O) groups excluding carboxylic acids is 1. The van der Waals surface area contributed by atoms with E-state index in [0.717, 1.165) is 19.4 Å².